The molecule has 0 N–H and O–H groups in total. The van der Waals surface area contributed by atoms with Crippen LogP contribution in [-0.4, -0.2) is 41.5 Å². The van der Waals surface area contributed by atoms with E-state index in [1.54, 1.807) is 39.8 Å². The molecule has 0 aromatic heterocycles. The van der Waals surface area contributed by atoms with E-state index in [4.69, 9.17) is 4.74 Å². The lowest BCUT2D eigenvalue weighted by Crippen LogP contribution is -2.35. The van der Waals surface area contributed by atoms with Crippen molar-refractivity contribution in [2.24, 2.45) is 5.92 Å². The van der Waals surface area contributed by atoms with Gasteiger partial charge in [-0.15, -0.1) is 11.8 Å². The number of carbonyl (C=O) groups excluding carboxylic acids is 4. The molecule has 1 aliphatic rings. The Morgan fingerprint density at radius 2 is 1.92 bits per heavy atom. The third-order valence-corrected chi connectivity index (χ3v) is 4.56. The zero-order valence-electron chi connectivity index (χ0n) is 14.6. The maximum absolute atomic E-state index is 12.6. The van der Waals surface area contributed by atoms with E-state index in [9.17, 15) is 19.2 Å². The molecule has 0 bridgehead atoms. The number of ether oxygens (including phenoxy) is 2. The molecule has 7 heteroatoms. The Kier molecular flexibility index (Phi) is 5.67. The van der Waals surface area contributed by atoms with E-state index in [2.05, 4.69) is 4.74 Å². The first kappa shape index (κ1) is 19.2. The maximum atomic E-state index is 12.6. The molecule has 6 nitrogen and oxygen atoms in total. The van der Waals surface area contributed by atoms with Gasteiger partial charge in [0.2, 0.25) is 0 Å². The first-order valence-corrected chi connectivity index (χ1v) is 8.88. The van der Waals surface area contributed by atoms with Gasteiger partial charge in [-0.25, -0.2) is 9.59 Å². The van der Waals surface area contributed by atoms with E-state index in [0.29, 0.717) is 4.90 Å². The van der Waals surface area contributed by atoms with Crippen LogP contribution in [0.15, 0.2) is 23.1 Å². The van der Waals surface area contributed by atoms with Crippen molar-refractivity contribution in [1.29, 1.82) is 0 Å². The molecule has 0 radical (unpaired) electrons. The van der Waals surface area contributed by atoms with E-state index < -0.39 is 35.0 Å². The Labute approximate surface area is 150 Å². The Morgan fingerprint density at radius 3 is 2.52 bits per heavy atom. The highest BCUT2D eigenvalue weighted by Crippen LogP contribution is 2.34. The second kappa shape index (κ2) is 7.39. The molecule has 2 rings (SSSR count). The highest BCUT2D eigenvalue weighted by Gasteiger charge is 2.37. The summed E-state index contributed by atoms with van der Waals surface area (Å²) in [7, 11) is 0. The number of thioether (sulfide) groups is 1. The van der Waals surface area contributed by atoms with Gasteiger partial charge in [-0.1, -0.05) is 0 Å². The van der Waals surface area contributed by atoms with E-state index >= 15 is 0 Å². The van der Waals surface area contributed by atoms with Crippen molar-refractivity contribution in [3.05, 3.63) is 29.3 Å². The molecule has 1 atom stereocenters. The van der Waals surface area contributed by atoms with Crippen LogP contribution < -0.4 is 0 Å². The molecule has 1 aromatic carbocycles. The van der Waals surface area contributed by atoms with Crippen molar-refractivity contribution in [2.45, 2.75) is 38.2 Å². The summed E-state index contributed by atoms with van der Waals surface area (Å²) < 4.78 is 9.98. The van der Waals surface area contributed by atoms with Crippen LogP contribution in [0.3, 0.4) is 0 Å². The standard InChI is InChI=1S/C18H20O6S/c1-5-23-17(22)15(20)12-9-25-13-7-6-10(8-11(13)14(12)19)16(21)24-18(2,3)4/h6-8,12H,5,9H2,1-4H3. The van der Waals surface area contributed by atoms with Crippen LogP contribution in [0.25, 0.3) is 0 Å². The number of Topliss-reactive ketones (excluding diaryl/α,β-unsaturated/α-hetero) is 2. The van der Waals surface area contributed by atoms with E-state index in [0.717, 1.165) is 0 Å². The number of rotatable bonds is 4. The number of fused-ring (bicyclic) bond motifs is 1. The zero-order chi connectivity index (χ0) is 18.8. The van der Waals surface area contributed by atoms with E-state index in [1.807, 2.05) is 0 Å². The van der Waals surface area contributed by atoms with Crippen molar-refractivity contribution >= 4 is 35.3 Å². The summed E-state index contributed by atoms with van der Waals surface area (Å²) >= 11 is 1.30. The second-order valence-electron chi connectivity index (χ2n) is 6.53. The molecule has 1 heterocycles. The number of hydrogen-bond donors (Lipinski definition) is 0. The van der Waals surface area contributed by atoms with Crippen molar-refractivity contribution in [1.82, 2.24) is 0 Å². The summed E-state index contributed by atoms with van der Waals surface area (Å²) in [6, 6.07) is 4.66. The lowest BCUT2D eigenvalue weighted by atomic mass is 9.93. The molecule has 134 valence electrons. The summed E-state index contributed by atoms with van der Waals surface area (Å²) in [5.41, 5.74) is -0.178. The van der Waals surface area contributed by atoms with Gasteiger partial charge in [-0.2, -0.15) is 0 Å². The fraction of sp³-hybridized carbons (Fsp3) is 0.444. The van der Waals surface area contributed by atoms with Gasteiger partial charge in [0.15, 0.2) is 5.78 Å². The number of benzene rings is 1. The van der Waals surface area contributed by atoms with Crippen LogP contribution in [0, 0.1) is 5.92 Å². The average Bonchev–Trinajstić information content (AvgIpc) is 2.53. The van der Waals surface area contributed by atoms with Gasteiger partial charge in [0.1, 0.15) is 11.5 Å². The highest BCUT2D eigenvalue weighted by molar-refractivity contribution is 7.99. The van der Waals surface area contributed by atoms with Gasteiger partial charge in [0.25, 0.3) is 5.78 Å². The number of carbonyl (C=O) groups is 4. The molecule has 0 saturated heterocycles. The average molecular weight is 364 g/mol. The second-order valence-corrected chi connectivity index (χ2v) is 7.59. The molecule has 0 spiro atoms. The normalized spacial score (nSPS) is 16.8. The summed E-state index contributed by atoms with van der Waals surface area (Å²) in [4.78, 5) is 49.2. The molecule has 0 amide bonds. The molecular formula is C18H20O6S. The third-order valence-electron chi connectivity index (χ3n) is 3.39. The van der Waals surface area contributed by atoms with Crippen molar-refractivity contribution in [2.75, 3.05) is 12.4 Å². The van der Waals surface area contributed by atoms with Crippen molar-refractivity contribution < 1.29 is 28.7 Å². The van der Waals surface area contributed by atoms with Crippen molar-refractivity contribution in [3.8, 4) is 0 Å². The van der Waals surface area contributed by atoms with Gasteiger partial charge < -0.3 is 9.47 Å². The molecule has 25 heavy (non-hydrogen) atoms. The predicted molar refractivity (Wildman–Crippen MR) is 91.8 cm³/mol. The lowest BCUT2D eigenvalue weighted by molar-refractivity contribution is -0.154. The molecule has 0 saturated carbocycles. The first-order chi connectivity index (χ1) is 11.6. The topological polar surface area (TPSA) is 86.7 Å². The van der Waals surface area contributed by atoms with Crippen LogP contribution in [0.4, 0.5) is 0 Å². The Hall–Kier alpha value is -2.15. The summed E-state index contributed by atoms with van der Waals surface area (Å²) in [5.74, 6) is -3.80. The molecule has 0 fully saturated rings. The van der Waals surface area contributed by atoms with Gasteiger partial charge in [0, 0.05) is 16.2 Å². The minimum atomic E-state index is -1.09. The van der Waals surface area contributed by atoms with Crippen LogP contribution in [0.5, 0.6) is 0 Å². The number of hydrogen-bond acceptors (Lipinski definition) is 7. The van der Waals surface area contributed by atoms with E-state index in [-0.39, 0.29) is 23.5 Å². The van der Waals surface area contributed by atoms with E-state index in [1.165, 1.54) is 17.8 Å². The van der Waals surface area contributed by atoms with Crippen LogP contribution >= 0.6 is 11.8 Å². The third kappa shape index (κ3) is 4.48. The minimum Gasteiger partial charge on any atom is -0.460 e. The fourth-order valence-corrected chi connectivity index (χ4v) is 3.42. The Balaban J connectivity index is 2.27. The Morgan fingerprint density at radius 1 is 1.24 bits per heavy atom. The van der Waals surface area contributed by atoms with Crippen LogP contribution in [-0.2, 0) is 19.1 Å². The zero-order valence-corrected chi connectivity index (χ0v) is 15.4. The lowest BCUT2D eigenvalue weighted by Gasteiger charge is -2.23. The molecule has 0 aliphatic carbocycles. The minimum absolute atomic E-state index is 0.0675. The predicted octanol–water partition coefficient (Wildman–Crippen LogP) is 2.68. The van der Waals surface area contributed by atoms with Gasteiger partial charge in [-0.3, -0.25) is 9.59 Å². The molecular weight excluding hydrogens is 344 g/mol. The smallest absolute Gasteiger partial charge is 0.375 e. The fourth-order valence-electron chi connectivity index (χ4n) is 2.29. The maximum Gasteiger partial charge on any atom is 0.375 e. The SMILES string of the molecule is CCOC(=O)C(=O)C1CSc2ccc(C(=O)OC(C)(C)C)cc2C1=O. The van der Waals surface area contributed by atoms with Crippen molar-refractivity contribution in [3.63, 3.8) is 0 Å². The molecule has 1 unspecified atom stereocenters. The summed E-state index contributed by atoms with van der Waals surface area (Å²) in [5, 5.41) is 0. The largest absolute Gasteiger partial charge is 0.460 e. The molecule has 1 aliphatic heterocycles. The van der Waals surface area contributed by atoms with Crippen LogP contribution in [0.2, 0.25) is 0 Å². The highest BCUT2D eigenvalue weighted by atomic mass is 32.2. The van der Waals surface area contributed by atoms with Gasteiger partial charge >= 0.3 is 11.9 Å². The molecule has 1 aromatic rings. The number of ketones is 2. The van der Waals surface area contributed by atoms with Gasteiger partial charge in [0.05, 0.1) is 12.2 Å². The summed E-state index contributed by atoms with van der Waals surface area (Å²) in [6.07, 6.45) is 0. The quantitative estimate of drug-likeness (QED) is 0.461. The summed E-state index contributed by atoms with van der Waals surface area (Å²) in [6.45, 7) is 6.90. The first-order valence-electron chi connectivity index (χ1n) is 7.89. The number of esters is 2. The van der Waals surface area contributed by atoms with Gasteiger partial charge in [-0.05, 0) is 45.9 Å². The van der Waals surface area contributed by atoms with Crippen LogP contribution in [0.1, 0.15) is 48.4 Å². The Bertz CT molecular complexity index is 732. The monoisotopic (exact) mass is 364 g/mol.